The first kappa shape index (κ1) is 19.2. The number of aliphatic hydroxyl groups is 3. The predicted molar refractivity (Wildman–Crippen MR) is 95.4 cm³/mol. The lowest BCUT2D eigenvalue weighted by Gasteiger charge is -2.16. The van der Waals surface area contributed by atoms with Gasteiger partial charge in [-0.3, -0.25) is 9.36 Å². The van der Waals surface area contributed by atoms with Gasteiger partial charge < -0.3 is 30.1 Å². The van der Waals surface area contributed by atoms with Crippen LogP contribution in [-0.2, 0) is 4.74 Å². The molecule has 3 aromatic heterocycles. The van der Waals surface area contributed by atoms with Gasteiger partial charge in [0.1, 0.15) is 18.3 Å². The second-order valence-electron chi connectivity index (χ2n) is 6.34. The van der Waals surface area contributed by atoms with Crippen LogP contribution in [0.4, 0.5) is 0 Å². The second kappa shape index (κ2) is 7.36. The molecule has 0 aromatic carbocycles. The summed E-state index contributed by atoms with van der Waals surface area (Å²) in [6, 6.07) is 0. The first-order valence-electron chi connectivity index (χ1n) is 8.66. The van der Waals surface area contributed by atoms with Crippen molar-refractivity contribution in [2.75, 3.05) is 20.8 Å². The fourth-order valence-electron chi connectivity index (χ4n) is 3.11. The van der Waals surface area contributed by atoms with Gasteiger partial charge >= 0.3 is 0 Å². The SMILES string of the molecule is CNC(=O)c1cnn(-c2nc(OC)c3ncn([C@@H]4O[C@H](CO)[C@@H](O)[C@H]4O)c3n2)c1. The number of nitrogens with one attached hydrogen (secondary N) is 1. The standard InChI is InChI=1S/C16H19N7O6/c1-17-13(27)7-3-19-23(4-7)16-20-12-9(14(21-16)28-2)18-6-22(12)15-11(26)10(25)8(5-24)29-15/h3-4,6,8,10-11,15,24-26H,5H2,1-2H3,(H,17,27)/t8-,10-,11-,15-/m1/s1. The van der Waals surface area contributed by atoms with E-state index in [9.17, 15) is 20.1 Å². The number of imidazole rings is 1. The van der Waals surface area contributed by atoms with Crippen LogP contribution in [0.5, 0.6) is 5.88 Å². The average Bonchev–Trinajstić information content (AvgIpc) is 3.45. The second-order valence-corrected chi connectivity index (χ2v) is 6.34. The molecule has 29 heavy (non-hydrogen) atoms. The molecule has 4 rings (SSSR count). The molecule has 0 radical (unpaired) electrons. The van der Waals surface area contributed by atoms with Gasteiger partial charge in [-0.25, -0.2) is 9.67 Å². The highest BCUT2D eigenvalue weighted by Crippen LogP contribution is 2.33. The maximum absolute atomic E-state index is 11.8. The van der Waals surface area contributed by atoms with Crippen molar-refractivity contribution in [2.24, 2.45) is 0 Å². The number of carbonyl (C=O) groups excluding carboxylic acids is 1. The highest BCUT2D eigenvalue weighted by atomic mass is 16.6. The molecule has 0 saturated carbocycles. The quantitative estimate of drug-likeness (QED) is 0.372. The zero-order valence-electron chi connectivity index (χ0n) is 15.5. The Morgan fingerprint density at radius 3 is 2.79 bits per heavy atom. The molecule has 13 nitrogen and oxygen atoms in total. The molecule has 4 atom stereocenters. The zero-order valence-corrected chi connectivity index (χ0v) is 15.5. The summed E-state index contributed by atoms with van der Waals surface area (Å²) in [5, 5.41) is 36.3. The Bertz CT molecular complexity index is 1050. The van der Waals surface area contributed by atoms with Crippen LogP contribution in [0.2, 0.25) is 0 Å². The molecule has 0 aliphatic carbocycles. The van der Waals surface area contributed by atoms with Crippen molar-refractivity contribution >= 4 is 17.1 Å². The van der Waals surface area contributed by atoms with E-state index in [1.54, 1.807) is 0 Å². The van der Waals surface area contributed by atoms with E-state index < -0.39 is 31.1 Å². The molecule has 3 aromatic rings. The molecule has 0 unspecified atom stereocenters. The molecule has 1 aliphatic rings. The summed E-state index contributed by atoms with van der Waals surface area (Å²) in [4.78, 5) is 24.7. The third kappa shape index (κ3) is 3.09. The van der Waals surface area contributed by atoms with Crippen LogP contribution in [-0.4, -0.2) is 89.6 Å². The third-order valence-corrected chi connectivity index (χ3v) is 4.64. The summed E-state index contributed by atoms with van der Waals surface area (Å²) in [7, 11) is 2.92. The number of fused-ring (bicyclic) bond motifs is 1. The van der Waals surface area contributed by atoms with E-state index in [0.717, 1.165) is 0 Å². The normalized spacial score (nSPS) is 24.2. The molecular weight excluding hydrogens is 386 g/mol. The fourth-order valence-corrected chi connectivity index (χ4v) is 3.11. The molecule has 154 valence electrons. The van der Waals surface area contributed by atoms with Crippen LogP contribution in [0, 0.1) is 0 Å². The van der Waals surface area contributed by atoms with E-state index in [1.807, 2.05) is 0 Å². The zero-order chi connectivity index (χ0) is 20.7. The molecule has 1 aliphatic heterocycles. The Labute approximate surface area is 163 Å². The van der Waals surface area contributed by atoms with Crippen LogP contribution in [0.25, 0.3) is 17.1 Å². The minimum absolute atomic E-state index is 0.0954. The highest BCUT2D eigenvalue weighted by molar-refractivity contribution is 5.93. The summed E-state index contributed by atoms with van der Waals surface area (Å²) in [5.41, 5.74) is 0.860. The number of carbonyl (C=O) groups is 1. The van der Waals surface area contributed by atoms with Crippen molar-refractivity contribution in [1.82, 2.24) is 34.6 Å². The van der Waals surface area contributed by atoms with Crippen molar-refractivity contribution in [3.63, 3.8) is 0 Å². The van der Waals surface area contributed by atoms with Gasteiger partial charge in [-0.1, -0.05) is 0 Å². The van der Waals surface area contributed by atoms with E-state index in [1.165, 1.54) is 42.1 Å². The Balaban J connectivity index is 1.80. The lowest BCUT2D eigenvalue weighted by Crippen LogP contribution is -2.33. The largest absolute Gasteiger partial charge is 0.479 e. The molecule has 1 saturated heterocycles. The number of methoxy groups -OCH3 is 1. The summed E-state index contributed by atoms with van der Waals surface area (Å²) in [6.07, 6.45) is -0.374. The average molecular weight is 405 g/mol. The molecule has 4 heterocycles. The van der Waals surface area contributed by atoms with E-state index in [4.69, 9.17) is 9.47 Å². The van der Waals surface area contributed by atoms with E-state index >= 15 is 0 Å². The first-order chi connectivity index (χ1) is 14.0. The fraction of sp³-hybridized carbons (Fsp3) is 0.438. The Morgan fingerprint density at radius 1 is 1.34 bits per heavy atom. The molecule has 13 heteroatoms. The Morgan fingerprint density at radius 2 is 2.14 bits per heavy atom. The van der Waals surface area contributed by atoms with Crippen molar-refractivity contribution in [1.29, 1.82) is 0 Å². The van der Waals surface area contributed by atoms with Gasteiger partial charge in [-0.15, -0.1) is 0 Å². The maximum atomic E-state index is 11.8. The van der Waals surface area contributed by atoms with Gasteiger partial charge in [-0.2, -0.15) is 15.1 Å². The summed E-state index contributed by atoms with van der Waals surface area (Å²) >= 11 is 0. The van der Waals surface area contributed by atoms with E-state index in [2.05, 4.69) is 25.4 Å². The van der Waals surface area contributed by atoms with Gasteiger partial charge in [0.05, 0.1) is 31.8 Å². The minimum Gasteiger partial charge on any atom is -0.479 e. The third-order valence-electron chi connectivity index (χ3n) is 4.64. The molecule has 1 fully saturated rings. The van der Waals surface area contributed by atoms with Gasteiger partial charge in [0.15, 0.2) is 17.4 Å². The van der Waals surface area contributed by atoms with Crippen LogP contribution in [0.3, 0.4) is 0 Å². The lowest BCUT2D eigenvalue weighted by atomic mass is 10.1. The Hall–Kier alpha value is -3.13. The van der Waals surface area contributed by atoms with Crippen molar-refractivity contribution in [2.45, 2.75) is 24.5 Å². The number of aliphatic hydroxyl groups excluding tert-OH is 3. The van der Waals surface area contributed by atoms with Crippen LogP contribution in [0.1, 0.15) is 16.6 Å². The number of amides is 1. The van der Waals surface area contributed by atoms with Crippen molar-refractivity contribution in [3.05, 3.63) is 24.3 Å². The number of rotatable bonds is 5. The summed E-state index contributed by atoms with van der Waals surface area (Å²) in [6.45, 7) is -0.458. The van der Waals surface area contributed by atoms with Gasteiger partial charge in [0.25, 0.3) is 11.9 Å². The maximum Gasteiger partial charge on any atom is 0.255 e. The molecule has 1 amide bonds. The molecular formula is C16H19N7O6. The van der Waals surface area contributed by atoms with Crippen LogP contribution < -0.4 is 10.1 Å². The minimum atomic E-state index is -1.31. The topological polar surface area (TPSA) is 170 Å². The number of ether oxygens (including phenoxy) is 2. The van der Waals surface area contributed by atoms with Gasteiger partial charge in [0, 0.05) is 13.2 Å². The predicted octanol–water partition coefficient (Wildman–Crippen LogP) is -2.01. The number of hydrogen-bond donors (Lipinski definition) is 4. The van der Waals surface area contributed by atoms with Crippen molar-refractivity contribution in [3.8, 4) is 11.8 Å². The number of nitrogens with zero attached hydrogens (tertiary/aromatic N) is 6. The number of hydrogen-bond acceptors (Lipinski definition) is 10. The summed E-state index contributed by atoms with van der Waals surface area (Å²) < 4.78 is 13.5. The van der Waals surface area contributed by atoms with Crippen molar-refractivity contribution < 1.29 is 29.6 Å². The van der Waals surface area contributed by atoms with Gasteiger partial charge in [0.2, 0.25) is 5.88 Å². The highest BCUT2D eigenvalue weighted by Gasteiger charge is 2.44. The van der Waals surface area contributed by atoms with Crippen LogP contribution >= 0.6 is 0 Å². The number of aromatic nitrogens is 6. The molecule has 0 bridgehead atoms. The van der Waals surface area contributed by atoms with Crippen LogP contribution in [0.15, 0.2) is 18.7 Å². The monoisotopic (exact) mass is 405 g/mol. The smallest absolute Gasteiger partial charge is 0.255 e. The van der Waals surface area contributed by atoms with E-state index in [0.29, 0.717) is 11.1 Å². The Kier molecular flexibility index (Phi) is 4.87. The summed E-state index contributed by atoms with van der Waals surface area (Å²) in [5.74, 6) is -0.0775. The van der Waals surface area contributed by atoms with Gasteiger partial charge in [-0.05, 0) is 0 Å². The molecule has 4 N–H and O–H groups in total. The first-order valence-corrected chi connectivity index (χ1v) is 8.66. The van der Waals surface area contributed by atoms with E-state index in [-0.39, 0.29) is 23.4 Å². The lowest BCUT2D eigenvalue weighted by molar-refractivity contribution is -0.0511. The molecule has 0 spiro atoms.